The highest BCUT2D eigenvalue weighted by atomic mass is 16.2. The van der Waals surface area contributed by atoms with Gasteiger partial charge >= 0.3 is 0 Å². The fraction of sp³-hybridized carbons (Fsp3) is 0.348. The first kappa shape index (κ1) is 23.1. The number of amides is 3. The summed E-state index contributed by atoms with van der Waals surface area (Å²) in [4.78, 5) is 40.6. The average molecular weight is 411 g/mol. The van der Waals surface area contributed by atoms with E-state index in [9.17, 15) is 14.4 Å². The van der Waals surface area contributed by atoms with Gasteiger partial charge in [0, 0.05) is 19.6 Å². The molecule has 0 aliphatic heterocycles. The van der Waals surface area contributed by atoms with Crippen LogP contribution in [0.2, 0.25) is 0 Å². The Morgan fingerprint density at radius 3 is 2.17 bits per heavy atom. The van der Waals surface area contributed by atoms with Crippen molar-refractivity contribution in [2.24, 2.45) is 0 Å². The highest BCUT2D eigenvalue weighted by Crippen LogP contribution is 2.15. The summed E-state index contributed by atoms with van der Waals surface area (Å²) in [5.74, 6) is -0.566. The van der Waals surface area contributed by atoms with E-state index in [1.54, 1.807) is 41.1 Å². The number of likely N-dealkylation sites (N-methyl/N-ethyl adjacent to an activating group) is 2. The molecule has 0 radical (unpaired) electrons. The molecule has 2 N–H and O–H groups in total. The lowest BCUT2D eigenvalue weighted by atomic mass is 10.1. The van der Waals surface area contributed by atoms with E-state index in [2.05, 4.69) is 10.6 Å². The van der Waals surface area contributed by atoms with Gasteiger partial charge in [-0.05, 0) is 38.6 Å². The normalized spacial score (nSPS) is 10.5. The molecule has 3 amide bonds. The van der Waals surface area contributed by atoms with Crippen molar-refractivity contribution in [1.29, 1.82) is 0 Å². The Morgan fingerprint density at radius 1 is 0.867 bits per heavy atom. The molecule has 2 aromatic rings. The summed E-state index contributed by atoms with van der Waals surface area (Å²) in [6.45, 7) is 5.74. The molecule has 0 saturated heterocycles. The van der Waals surface area contributed by atoms with E-state index >= 15 is 0 Å². The summed E-state index contributed by atoms with van der Waals surface area (Å²) in [5.41, 5.74) is 1.83. The van der Waals surface area contributed by atoms with Gasteiger partial charge in [0.1, 0.15) is 0 Å². The van der Waals surface area contributed by atoms with Crippen LogP contribution in [0.1, 0.15) is 29.8 Å². The van der Waals surface area contributed by atoms with Crippen LogP contribution in [0.5, 0.6) is 0 Å². The topological polar surface area (TPSA) is 81.8 Å². The van der Waals surface area contributed by atoms with Gasteiger partial charge < -0.3 is 15.5 Å². The third-order valence-electron chi connectivity index (χ3n) is 4.68. The first-order chi connectivity index (χ1) is 14.4. The Kier molecular flexibility index (Phi) is 9.03. The third-order valence-corrected chi connectivity index (χ3v) is 4.68. The molecule has 0 spiro atoms. The maximum absolute atomic E-state index is 12.6. The van der Waals surface area contributed by atoms with Gasteiger partial charge in [0.15, 0.2) is 0 Å². The van der Waals surface area contributed by atoms with Crippen LogP contribution >= 0.6 is 0 Å². The highest BCUT2D eigenvalue weighted by molar-refractivity contribution is 6.04. The third kappa shape index (κ3) is 7.00. The summed E-state index contributed by atoms with van der Waals surface area (Å²) >= 11 is 0. The van der Waals surface area contributed by atoms with Crippen LogP contribution < -0.4 is 10.6 Å². The van der Waals surface area contributed by atoms with Crippen LogP contribution in [0.4, 0.5) is 5.69 Å². The Balaban J connectivity index is 1.94. The second-order valence-electron chi connectivity index (χ2n) is 7.00. The van der Waals surface area contributed by atoms with Crippen molar-refractivity contribution in [2.75, 3.05) is 38.5 Å². The lowest BCUT2D eigenvalue weighted by Gasteiger charge is -2.22. The number of nitrogens with one attached hydrogen (secondary N) is 2. The monoisotopic (exact) mass is 410 g/mol. The molecule has 0 fully saturated rings. The molecule has 7 nitrogen and oxygen atoms in total. The first-order valence-electron chi connectivity index (χ1n) is 10.1. The number of carbonyl (C=O) groups is 3. The number of rotatable bonds is 10. The summed E-state index contributed by atoms with van der Waals surface area (Å²) in [6.07, 6.45) is 0. The minimum Gasteiger partial charge on any atom is -0.348 e. The van der Waals surface area contributed by atoms with Gasteiger partial charge in [-0.15, -0.1) is 0 Å². The molecule has 160 valence electrons. The molecule has 2 rings (SSSR count). The number of hydrogen-bond donors (Lipinski definition) is 2. The molecule has 0 saturated carbocycles. The minimum absolute atomic E-state index is 0.0176. The standard InChI is InChI=1S/C23H30N4O3/c1-4-27(5-2)22(29)17-26(3)16-21(28)25-20-14-10-9-13-19(20)23(30)24-15-18-11-7-6-8-12-18/h6-14H,4-5,15-17H2,1-3H3,(H,24,30)(H,25,28). The van der Waals surface area contributed by atoms with E-state index in [0.717, 1.165) is 5.56 Å². The molecule has 0 aliphatic carbocycles. The predicted octanol–water partition coefficient (Wildman–Crippen LogP) is 2.36. The molecule has 0 bridgehead atoms. The van der Waals surface area contributed by atoms with Crippen LogP contribution in [0, 0.1) is 0 Å². The van der Waals surface area contributed by atoms with Crippen LogP contribution in [-0.4, -0.2) is 60.7 Å². The number of carbonyl (C=O) groups excluding carboxylic acids is 3. The van der Waals surface area contributed by atoms with Gasteiger partial charge in [-0.3, -0.25) is 19.3 Å². The minimum atomic E-state index is -0.284. The molecule has 7 heteroatoms. The number of nitrogens with zero attached hydrogens (tertiary/aromatic N) is 2. The van der Waals surface area contributed by atoms with Gasteiger partial charge in [-0.1, -0.05) is 42.5 Å². The van der Waals surface area contributed by atoms with Crippen molar-refractivity contribution < 1.29 is 14.4 Å². The van der Waals surface area contributed by atoms with Gasteiger partial charge in [0.05, 0.1) is 24.3 Å². The van der Waals surface area contributed by atoms with E-state index in [1.165, 1.54) is 0 Å². The Hall–Kier alpha value is -3.19. The van der Waals surface area contributed by atoms with Crippen molar-refractivity contribution in [3.63, 3.8) is 0 Å². The number of para-hydroxylation sites is 1. The fourth-order valence-corrected chi connectivity index (χ4v) is 3.06. The van der Waals surface area contributed by atoms with Crippen molar-refractivity contribution in [1.82, 2.24) is 15.1 Å². The fourth-order valence-electron chi connectivity index (χ4n) is 3.06. The zero-order valence-electron chi connectivity index (χ0n) is 17.9. The van der Waals surface area contributed by atoms with Gasteiger partial charge in [0.2, 0.25) is 11.8 Å². The van der Waals surface area contributed by atoms with Gasteiger partial charge in [-0.2, -0.15) is 0 Å². The van der Waals surface area contributed by atoms with Gasteiger partial charge in [0.25, 0.3) is 5.91 Å². The molecule has 0 aliphatic rings. The van der Waals surface area contributed by atoms with E-state index in [-0.39, 0.29) is 30.8 Å². The SMILES string of the molecule is CCN(CC)C(=O)CN(C)CC(=O)Nc1ccccc1C(=O)NCc1ccccc1. The van der Waals surface area contributed by atoms with Gasteiger partial charge in [-0.25, -0.2) is 0 Å². The van der Waals surface area contributed by atoms with Crippen molar-refractivity contribution >= 4 is 23.4 Å². The average Bonchev–Trinajstić information content (AvgIpc) is 2.73. The maximum atomic E-state index is 12.6. The van der Waals surface area contributed by atoms with Crippen LogP contribution in [0.3, 0.4) is 0 Å². The Labute approximate surface area is 178 Å². The molecular weight excluding hydrogens is 380 g/mol. The van der Waals surface area contributed by atoms with E-state index in [0.29, 0.717) is 30.9 Å². The quantitative estimate of drug-likeness (QED) is 0.630. The van der Waals surface area contributed by atoms with E-state index in [4.69, 9.17) is 0 Å². The summed E-state index contributed by atoms with van der Waals surface area (Å²) in [5, 5.41) is 5.65. The number of anilines is 1. The maximum Gasteiger partial charge on any atom is 0.253 e. The largest absolute Gasteiger partial charge is 0.348 e. The number of benzene rings is 2. The Bertz CT molecular complexity index is 851. The van der Waals surface area contributed by atoms with E-state index < -0.39 is 0 Å². The van der Waals surface area contributed by atoms with Crippen LogP contribution in [-0.2, 0) is 16.1 Å². The predicted molar refractivity (Wildman–Crippen MR) is 118 cm³/mol. The summed E-state index contributed by atoms with van der Waals surface area (Å²) in [7, 11) is 1.72. The second-order valence-corrected chi connectivity index (χ2v) is 7.00. The second kappa shape index (κ2) is 11.7. The zero-order valence-corrected chi connectivity index (χ0v) is 17.9. The first-order valence-corrected chi connectivity index (χ1v) is 10.1. The molecular formula is C23H30N4O3. The zero-order chi connectivity index (χ0) is 21.9. The molecule has 30 heavy (non-hydrogen) atoms. The van der Waals surface area contributed by atoms with Crippen LogP contribution in [0.15, 0.2) is 54.6 Å². The lowest BCUT2D eigenvalue weighted by Crippen LogP contribution is -2.41. The molecule has 0 atom stereocenters. The van der Waals surface area contributed by atoms with Crippen molar-refractivity contribution in [2.45, 2.75) is 20.4 Å². The highest BCUT2D eigenvalue weighted by Gasteiger charge is 2.17. The molecule has 0 aromatic heterocycles. The van der Waals surface area contributed by atoms with Crippen molar-refractivity contribution in [3.8, 4) is 0 Å². The van der Waals surface area contributed by atoms with Crippen LogP contribution in [0.25, 0.3) is 0 Å². The number of hydrogen-bond acceptors (Lipinski definition) is 4. The summed E-state index contributed by atoms with van der Waals surface area (Å²) < 4.78 is 0. The molecule has 2 aromatic carbocycles. The van der Waals surface area contributed by atoms with Crippen molar-refractivity contribution in [3.05, 3.63) is 65.7 Å². The molecule has 0 unspecified atom stereocenters. The Morgan fingerprint density at radius 2 is 1.50 bits per heavy atom. The van der Waals surface area contributed by atoms with E-state index in [1.807, 2.05) is 44.2 Å². The smallest absolute Gasteiger partial charge is 0.253 e. The summed E-state index contributed by atoms with van der Waals surface area (Å²) in [6, 6.07) is 16.5. The lowest BCUT2D eigenvalue weighted by molar-refractivity contribution is -0.132. The molecule has 0 heterocycles.